The highest BCUT2D eigenvalue weighted by Gasteiger charge is 2.33. The lowest BCUT2D eigenvalue weighted by Gasteiger charge is -2.38. The van der Waals surface area contributed by atoms with Crippen LogP contribution in [0.1, 0.15) is 26.3 Å². The van der Waals surface area contributed by atoms with Crippen LogP contribution in [0.5, 0.6) is 11.5 Å². The minimum atomic E-state index is -4.05. The summed E-state index contributed by atoms with van der Waals surface area (Å²) in [4.78, 5) is 10.1. The highest BCUT2D eigenvalue weighted by atomic mass is 35.5. The quantitative estimate of drug-likeness (QED) is 0.231. The molecule has 0 saturated heterocycles. The van der Waals surface area contributed by atoms with Crippen LogP contribution in [-0.4, -0.2) is 44.7 Å². The molecule has 226 valence electrons. The second-order valence-electron chi connectivity index (χ2n) is 9.16. The van der Waals surface area contributed by atoms with Gasteiger partial charge in [-0.15, -0.1) is 0 Å². The normalized spacial score (nSPS) is 14.7. The molecule has 0 bridgehead atoms. The van der Waals surface area contributed by atoms with Gasteiger partial charge in [-0.25, -0.2) is 4.99 Å². The Morgan fingerprint density at radius 1 is 0.929 bits per heavy atom. The molecule has 42 heavy (non-hydrogen) atoms. The molecule has 12 nitrogen and oxygen atoms in total. The second kappa shape index (κ2) is 13.2. The summed E-state index contributed by atoms with van der Waals surface area (Å²) in [6.07, 6.45) is 0. The lowest BCUT2D eigenvalue weighted by Crippen LogP contribution is -2.54. The van der Waals surface area contributed by atoms with E-state index in [1.165, 1.54) is 25.1 Å². The average molecular weight is 659 g/mol. The monoisotopic (exact) mass is 657 g/mol. The van der Waals surface area contributed by atoms with Crippen molar-refractivity contribution in [2.45, 2.75) is 37.9 Å². The first-order valence-electron chi connectivity index (χ1n) is 12.2. The van der Waals surface area contributed by atoms with Gasteiger partial charge in [0.2, 0.25) is 11.9 Å². The van der Waals surface area contributed by atoms with Crippen LogP contribution >= 0.6 is 23.2 Å². The largest absolute Gasteiger partial charge is 0.487 e. The number of ether oxygens (including phenoxy) is 1. The molecule has 0 fully saturated rings. The van der Waals surface area contributed by atoms with Crippen LogP contribution in [0, 0.1) is 0 Å². The number of benzene rings is 3. The van der Waals surface area contributed by atoms with Crippen LogP contribution in [0.15, 0.2) is 81.6 Å². The van der Waals surface area contributed by atoms with Crippen molar-refractivity contribution in [3.63, 3.8) is 0 Å². The first-order chi connectivity index (χ1) is 19.5. The van der Waals surface area contributed by atoms with E-state index in [1.807, 2.05) is 13.8 Å². The summed E-state index contributed by atoms with van der Waals surface area (Å²) < 4.78 is 63.0. The number of hydrogen-bond donors (Lipinski definition) is 3. The highest BCUT2D eigenvalue weighted by Crippen LogP contribution is 2.34. The zero-order chi connectivity index (χ0) is 31.3. The van der Waals surface area contributed by atoms with Crippen molar-refractivity contribution in [1.29, 1.82) is 0 Å². The number of hydrogen-bond acceptors (Lipinski definition) is 11. The van der Waals surface area contributed by atoms with Gasteiger partial charge in [0.05, 0.1) is 15.8 Å². The molecule has 4 rings (SSSR count). The number of anilines is 1. The Bertz CT molecular complexity index is 1710. The third-order valence-electron chi connectivity index (χ3n) is 5.57. The first-order valence-corrected chi connectivity index (χ1v) is 15.9. The SMILES string of the molecule is CC1(C)N=C(N)N=C(N)N1c1ccc(OCc2ccc(S(=O)(=O)Oc3ccccc3Cl)cc2)c(Cl)c1.CCS(=O)(=O)O. The molecule has 0 aromatic heterocycles. The Morgan fingerprint density at radius 3 is 2.10 bits per heavy atom. The number of guanidine groups is 2. The molecule has 3 aromatic carbocycles. The van der Waals surface area contributed by atoms with Crippen LogP contribution in [0.25, 0.3) is 0 Å². The minimum absolute atomic E-state index is 0.0137. The van der Waals surface area contributed by atoms with E-state index in [9.17, 15) is 16.8 Å². The molecule has 3 aromatic rings. The van der Waals surface area contributed by atoms with E-state index < -0.39 is 25.9 Å². The second-order valence-corrected chi connectivity index (χ2v) is 13.3. The van der Waals surface area contributed by atoms with Gasteiger partial charge in [0.25, 0.3) is 10.1 Å². The van der Waals surface area contributed by atoms with Crippen molar-refractivity contribution in [1.82, 2.24) is 0 Å². The molecule has 0 aliphatic carbocycles. The van der Waals surface area contributed by atoms with E-state index in [0.717, 1.165) is 5.56 Å². The Labute approximate surface area is 254 Å². The fourth-order valence-electron chi connectivity index (χ4n) is 3.59. The number of aliphatic imine (C=N–C) groups is 2. The lowest BCUT2D eigenvalue weighted by atomic mass is 10.1. The summed E-state index contributed by atoms with van der Waals surface area (Å²) in [6, 6.07) is 17.6. The fourth-order valence-corrected chi connectivity index (χ4v) is 4.99. The molecule has 0 radical (unpaired) electrons. The summed E-state index contributed by atoms with van der Waals surface area (Å²) in [5, 5.41) is 0.552. The maximum absolute atomic E-state index is 12.6. The molecular weight excluding hydrogens is 629 g/mol. The molecule has 1 aliphatic rings. The Balaban J connectivity index is 0.000000730. The molecule has 0 saturated carbocycles. The predicted molar refractivity (Wildman–Crippen MR) is 163 cm³/mol. The molecule has 0 atom stereocenters. The van der Waals surface area contributed by atoms with Crippen LogP contribution in [0.2, 0.25) is 10.0 Å². The molecule has 5 N–H and O–H groups in total. The van der Waals surface area contributed by atoms with Crippen molar-refractivity contribution in [3.8, 4) is 11.5 Å². The van der Waals surface area contributed by atoms with Crippen molar-refractivity contribution >= 4 is 61.0 Å². The molecular formula is C26H29Cl2N5O7S2. The van der Waals surface area contributed by atoms with E-state index in [0.29, 0.717) is 16.5 Å². The maximum atomic E-state index is 12.6. The highest BCUT2D eigenvalue weighted by molar-refractivity contribution is 7.87. The van der Waals surface area contributed by atoms with Gasteiger partial charge in [0.15, 0.2) is 5.75 Å². The topological polar surface area (TPSA) is 187 Å². The summed E-state index contributed by atoms with van der Waals surface area (Å²) in [7, 11) is -7.71. The molecule has 16 heteroatoms. The lowest BCUT2D eigenvalue weighted by molar-refractivity contribution is 0.306. The summed E-state index contributed by atoms with van der Waals surface area (Å²) >= 11 is 12.5. The van der Waals surface area contributed by atoms with Crippen molar-refractivity contribution in [2.75, 3.05) is 10.7 Å². The van der Waals surface area contributed by atoms with Crippen LogP contribution in [0.3, 0.4) is 0 Å². The van der Waals surface area contributed by atoms with Crippen molar-refractivity contribution in [2.24, 2.45) is 21.5 Å². The number of rotatable bonds is 8. The smallest absolute Gasteiger partial charge is 0.339 e. The first kappa shape index (κ1) is 32.9. The Kier molecular flexibility index (Phi) is 10.3. The van der Waals surface area contributed by atoms with Gasteiger partial charge >= 0.3 is 10.1 Å². The summed E-state index contributed by atoms with van der Waals surface area (Å²) in [5.41, 5.74) is 12.4. The fraction of sp³-hybridized carbons (Fsp3) is 0.231. The number of para-hydroxylation sites is 1. The summed E-state index contributed by atoms with van der Waals surface area (Å²) in [5.74, 6) is 0.598. The third kappa shape index (κ3) is 8.72. The molecule has 1 aliphatic heterocycles. The van der Waals surface area contributed by atoms with Crippen LogP contribution < -0.4 is 25.3 Å². The Hall–Kier alpha value is -3.56. The van der Waals surface area contributed by atoms with Gasteiger partial charge < -0.3 is 20.4 Å². The molecule has 0 amide bonds. The van der Waals surface area contributed by atoms with Crippen molar-refractivity contribution < 1.29 is 30.3 Å². The van der Waals surface area contributed by atoms with Crippen LogP contribution in [-0.2, 0) is 26.8 Å². The van der Waals surface area contributed by atoms with E-state index in [-0.39, 0.29) is 39.9 Å². The predicted octanol–water partition coefficient (Wildman–Crippen LogP) is 4.42. The van der Waals surface area contributed by atoms with Crippen molar-refractivity contribution in [3.05, 3.63) is 82.3 Å². The van der Waals surface area contributed by atoms with Gasteiger partial charge in [-0.1, -0.05) is 47.5 Å². The van der Waals surface area contributed by atoms with E-state index in [4.69, 9.17) is 48.1 Å². The molecule has 0 unspecified atom stereocenters. The van der Waals surface area contributed by atoms with Gasteiger partial charge in [-0.05, 0) is 68.8 Å². The van der Waals surface area contributed by atoms with Gasteiger partial charge in [0, 0.05) is 5.69 Å². The van der Waals surface area contributed by atoms with Crippen LogP contribution in [0.4, 0.5) is 5.69 Å². The van der Waals surface area contributed by atoms with E-state index in [1.54, 1.807) is 53.4 Å². The Morgan fingerprint density at radius 2 is 1.55 bits per heavy atom. The van der Waals surface area contributed by atoms with Gasteiger partial charge in [-0.2, -0.15) is 21.8 Å². The van der Waals surface area contributed by atoms with Gasteiger partial charge in [-0.3, -0.25) is 9.45 Å². The van der Waals surface area contributed by atoms with Gasteiger partial charge in [0.1, 0.15) is 22.9 Å². The molecule has 0 spiro atoms. The number of nitrogens with two attached hydrogens (primary N) is 2. The molecule has 1 heterocycles. The van der Waals surface area contributed by atoms with E-state index >= 15 is 0 Å². The maximum Gasteiger partial charge on any atom is 0.339 e. The average Bonchev–Trinajstić information content (AvgIpc) is 2.88. The van der Waals surface area contributed by atoms with E-state index in [2.05, 4.69) is 9.98 Å². The zero-order valence-electron chi connectivity index (χ0n) is 22.7. The zero-order valence-corrected chi connectivity index (χ0v) is 25.9. The number of halogens is 2. The standard InChI is InChI=1S/C24H23Cl2N5O4S.C2H6O3S/c1-24(2)30-22(27)29-23(28)31(24)16-9-12-20(19(26)13-16)34-14-15-7-10-17(11-8-15)36(32,33)35-21-6-4-3-5-18(21)25;1-2-6(3,4)5/h3-13H,14H2,1-2H3,(H4,27,28,29,30);2H2,1H3,(H,3,4,5). The third-order valence-corrected chi connectivity index (χ3v) is 8.16. The summed E-state index contributed by atoms with van der Waals surface area (Å²) in [6.45, 7) is 5.23. The number of nitrogens with zero attached hydrogens (tertiary/aromatic N) is 3. The minimum Gasteiger partial charge on any atom is -0.487 e.